The predicted octanol–water partition coefficient (Wildman–Crippen LogP) is 5.55. The average Bonchev–Trinajstić information content (AvgIpc) is 2.64. The van der Waals surface area contributed by atoms with Gasteiger partial charge in [0.05, 0.1) is 17.7 Å². The summed E-state index contributed by atoms with van der Waals surface area (Å²) in [5.74, 6) is 0.684. The second kappa shape index (κ2) is 7.69. The van der Waals surface area contributed by atoms with Gasteiger partial charge in [0.1, 0.15) is 11.8 Å². The molecule has 0 saturated carbocycles. The summed E-state index contributed by atoms with van der Waals surface area (Å²) in [5, 5.41) is 25.6. The Kier molecular flexibility index (Phi) is 5.32. The number of nitrogens with zero attached hydrogens (tertiary/aromatic N) is 1. The van der Waals surface area contributed by atoms with Crippen LogP contribution >= 0.6 is 0 Å². The van der Waals surface area contributed by atoms with Gasteiger partial charge in [-0.15, -0.1) is 0 Å². The Hall–Kier alpha value is -3.39. The minimum Gasteiger partial charge on any atom is -0.495 e. The fraction of sp³-hybridized carbons (Fsp3) is 0.261. The normalized spacial score (nSPS) is 14.5. The molecule has 0 saturated heterocycles. The number of nitrogens with one attached hydrogen (secondary N) is 2. The molecule has 1 heterocycles. The number of hydrogen-bond donors (Lipinski definition) is 3. The molecule has 1 aliphatic heterocycles. The van der Waals surface area contributed by atoms with Crippen LogP contribution in [-0.2, 0) is 0 Å². The molecule has 3 N–H and O–H groups in total. The van der Waals surface area contributed by atoms with E-state index in [4.69, 9.17) is 4.74 Å². The number of aliphatic hydroxyl groups is 1. The molecule has 0 spiro atoms. The lowest BCUT2D eigenvalue weighted by molar-refractivity contribution is 0.317. The Morgan fingerprint density at radius 1 is 1.25 bits per heavy atom. The summed E-state index contributed by atoms with van der Waals surface area (Å²) in [6.45, 7) is 10.3. The number of hydrogen-bond acceptors (Lipinski definition) is 5. The van der Waals surface area contributed by atoms with Crippen molar-refractivity contribution >= 4 is 22.5 Å². The Balaban J connectivity index is 2.07. The fourth-order valence-corrected chi connectivity index (χ4v) is 3.51. The summed E-state index contributed by atoms with van der Waals surface area (Å²) >= 11 is 0. The molecule has 5 heteroatoms. The maximum absolute atomic E-state index is 9.96. The molecule has 0 unspecified atom stereocenters. The number of ether oxygens (including phenoxy) is 1. The average molecular weight is 375 g/mol. The Morgan fingerprint density at radius 2 is 1.96 bits per heavy atom. The molecule has 3 rings (SSSR count). The molecular weight excluding hydrogens is 350 g/mol. The molecule has 28 heavy (non-hydrogen) atoms. The lowest BCUT2D eigenvalue weighted by atomic mass is 9.79. The summed E-state index contributed by atoms with van der Waals surface area (Å²) in [7, 11) is 0. The van der Waals surface area contributed by atoms with Gasteiger partial charge in [0, 0.05) is 28.6 Å². The third-order valence-electron chi connectivity index (χ3n) is 4.63. The van der Waals surface area contributed by atoms with Gasteiger partial charge in [-0.05, 0) is 56.7 Å². The Bertz CT molecular complexity index is 966. The van der Waals surface area contributed by atoms with Crippen LogP contribution in [0, 0.1) is 11.3 Å². The number of aliphatic hydroxyl groups excluding tert-OH is 1. The zero-order valence-corrected chi connectivity index (χ0v) is 16.5. The van der Waals surface area contributed by atoms with Crippen LogP contribution in [-0.4, -0.2) is 17.3 Å². The third kappa shape index (κ3) is 3.81. The standard InChI is InChI=1S/C23H25N3O2/c1-5-12-28-18-10-11-19-20(14-24)22(23(3,4)26-21(19)13-18)16-6-8-17(9-7-16)25-15(2)27/h6-11,13,25-27H,2,5,12H2,1,3-4H3. The lowest BCUT2D eigenvalue weighted by Gasteiger charge is -2.37. The number of allylic oxidation sites excluding steroid dienone is 1. The van der Waals surface area contributed by atoms with Crippen molar-refractivity contribution in [3.05, 3.63) is 66.1 Å². The van der Waals surface area contributed by atoms with Gasteiger partial charge < -0.3 is 20.5 Å². The van der Waals surface area contributed by atoms with E-state index >= 15 is 0 Å². The topological polar surface area (TPSA) is 77.3 Å². The highest BCUT2D eigenvalue weighted by molar-refractivity contribution is 6.06. The van der Waals surface area contributed by atoms with Gasteiger partial charge in [-0.25, -0.2) is 0 Å². The van der Waals surface area contributed by atoms with E-state index in [0.29, 0.717) is 12.2 Å². The Labute approximate surface area is 166 Å². The van der Waals surface area contributed by atoms with E-state index in [1.165, 1.54) is 0 Å². The molecule has 0 bridgehead atoms. The maximum atomic E-state index is 9.96. The van der Waals surface area contributed by atoms with Crippen LogP contribution in [0.2, 0.25) is 0 Å². The van der Waals surface area contributed by atoms with Gasteiger partial charge in [-0.3, -0.25) is 0 Å². The van der Waals surface area contributed by atoms with E-state index in [2.05, 4.69) is 44.1 Å². The molecule has 2 aromatic rings. The highest BCUT2D eigenvalue weighted by atomic mass is 16.5. The van der Waals surface area contributed by atoms with Gasteiger partial charge in [0.25, 0.3) is 0 Å². The number of anilines is 2. The van der Waals surface area contributed by atoms with Gasteiger partial charge in [-0.2, -0.15) is 5.26 Å². The van der Waals surface area contributed by atoms with Crippen LogP contribution < -0.4 is 15.4 Å². The van der Waals surface area contributed by atoms with Crippen LogP contribution in [0.3, 0.4) is 0 Å². The van der Waals surface area contributed by atoms with Crippen molar-refractivity contribution in [3.63, 3.8) is 0 Å². The number of fused-ring (bicyclic) bond motifs is 1. The van der Waals surface area contributed by atoms with Crippen molar-refractivity contribution in [2.75, 3.05) is 17.2 Å². The van der Waals surface area contributed by atoms with Gasteiger partial charge in [0.2, 0.25) is 0 Å². The molecular formula is C23H25N3O2. The van der Waals surface area contributed by atoms with Crippen molar-refractivity contribution < 1.29 is 9.84 Å². The molecule has 0 amide bonds. The quantitative estimate of drug-likeness (QED) is 0.577. The highest BCUT2D eigenvalue weighted by Crippen LogP contribution is 2.44. The van der Waals surface area contributed by atoms with E-state index in [1.54, 1.807) is 0 Å². The van der Waals surface area contributed by atoms with E-state index in [1.807, 2.05) is 42.5 Å². The first-order valence-electron chi connectivity index (χ1n) is 9.31. The first-order valence-corrected chi connectivity index (χ1v) is 9.31. The van der Waals surface area contributed by atoms with Crippen molar-refractivity contribution in [3.8, 4) is 11.8 Å². The smallest absolute Gasteiger partial charge is 0.181 e. The summed E-state index contributed by atoms with van der Waals surface area (Å²) in [6, 6.07) is 15.8. The van der Waals surface area contributed by atoms with Crippen LogP contribution in [0.5, 0.6) is 5.75 Å². The molecule has 2 aromatic carbocycles. The van der Waals surface area contributed by atoms with Crippen LogP contribution in [0.25, 0.3) is 11.1 Å². The fourth-order valence-electron chi connectivity index (χ4n) is 3.51. The number of benzene rings is 2. The van der Waals surface area contributed by atoms with Gasteiger partial charge in [0.15, 0.2) is 5.88 Å². The summed E-state index contributed by atoms with van der Waals surface area (Å²) in [6.07, 6.45) is 0.942. The minimum absolute atomic E-state index is 0.112. The molecule has 0 radical (unpaired) electrons. The van der Waals surface area contributed by atoms with Crippen molar-refractivity contribution in [1.82, 2.24) is 0 Å². The van der Waals surface area contributed by atoms with E-state index < -0.39 is 5.54 Å². The predicted molar refractivity (Wildman–Crippen MR) is 114 cm³/mol. The van der Waals surface area contributed by atoms with Crippen LogP contribution in [0.1, 0.15) is 38.3 Å². The van der Waals surface area contributed by atoms with Crippen LogP contribution in [0.15, 0.2) is 54.9 Å². The van der Waals surface area contributed by atoms with Crippen LogP contribution in [0.4, 0.5) is 11.4 Å². The first-order chi connectivity index (χ1) is 13.4. The van der Waals surface area contributed by atoms with Gasteiger partial charge >= 0.3 is 0 Å². The van der Waals surface area contributed by atoms with Crippen molar-refractivity contribution in [2.24, 2.45) is 0 Å². The van der Waals surface area contributed by atoms with E-state index in [0.717, 1.165) is 40.2 Å². The second-order valence-electron chi connectivity index (χ2n) is 7.32. The third-order valence-corrected chi connectivity index (χ3v) is 4.63. The van der Waals surface area contributed by atoms with E-state index in [-0.39, 0.29) is 5.88 Å². The second-order valence-corrected chi connectivity index (χ2v) is 7.32. The number of rotatable bonds is 6. The molecule has 0 atom stereocenters. The zero-order valence-electron chi connectivity index (χ0n) is 16.5. The minimum atomic E-state index is -0.447. The molecule has 0 fully saturated rings. The van der Waals surface area contributed by atoms with Crippen molar-refractivity contribution in [1.29, 1.82) is 5.26 Å². The maximum Gasteiger partial charge on any atom is 0.181 e. The van der Waals surface area contributed by atoms with Gasteiger partial charge in [-0.1, -0.05) is 19.1 Å². The molecule has 5 nitrogen and oxygen atoms in total. The largest absolute Gasteiger partial charge is 0.495 e. The Morgan fingerprint density at radius 3 is 2.57 bits per heavy atom. The summed E-state index contributed by atoms with van der Waals surface area (Å²) in [4.78, 5) is 0. The van der Waals surface area contributed by atoms with Crippen molar-refractivity contribution in [2.45, 2.75) is 32.7 Å². The SMILES string of the molecule is C=C(O)Nc1ccc(C2=C(C#N)c3ccc(OCCC)cc3NC2(C)C)cc1. The molecule has 0 aliphatic carbocycles. The summed E-state index contributed by atoms with van der Waals surface area (Å²) < 4.78 is 5.74. The highest BCUT2D eigenvalue weighted by Gasteiger charge is 2.34. The lowest BCUT2D eigenvalue weighted by Crippen LogP contribution is -2.36. The number of nitriles is 1. The molecule has 144 valence electrons. The van der Waals surface area contributed by atoms with E-state index in [9.17, 15) is 10.4 Å². The monoisotopic (exact) mass is 375 g/mol. The molecule has 1 aliphatic rings. The first kappa shape index (κ1) is 19.4. The molecule has 0 aromatic heterocycles. The summed E-state index contributed by atoms with van der Waals surface area (Å²) in [5.41, 5.74) is 4.57. The zero-order chi connectivity index (χ0) is 20.3.